The van der Waals surface area contributed by atoms with Gasteiger partial charge in [0.1, 0.15) is 13.2 Å². The third-order valence-corrected chi connectivity index (χ3v) is 10.1. The van der Waals surface area contributed by atoms with Gasteiger partial charge < -0.3 is 71.6 Å². The lowest BCUT2D eigenvalue weighted by Gasteiger charge is -2.14. The molecule has 0 heterocycles. The van der Waals surface area contributed by atoms with Crippen LogP contribution in [0, 0.1) is 0 Å². The number of ether oxygens (including phenoxy) is 14. The van der Waals surface area contributed by atoms with Gasteiger partial charge in [-0.15, -0.1) is 0 Å². The number of rotatable bonds is 48. The van der Waals surface area contributed by atoms with Crippen molar-refractivity contribution in [3.63, 3.8) is 0 Å². The van der Waals surface area contributed by atoms with Crippen molar-refractivity contribution in [1.82, 2.24) is 5.32 Å². The smallest absolute Gasteiger partial charge is 0.407 e. The quantitative estimate of drug-likeness (QED) is 0.0602. The van der Waals surface area contributed by atoms with Crippen LogP contribution < -0.4 is 5.32 Å². The van der Waals surface area contributed by atoms with Crippen molar-refractivity contribution in [3.8, 4) is 11.1 Å². The van der Waals surface area contributed by atoms with E-state index in [4.69, 9.17) is 66.3 Å². The normalized spacial score (nSPS) is 12.1. The Morgan fingerprint density at radius 3 is 1.13 bits per heavy atom. The van der Waals surface area contributed by atoms with Gasteiger partial charge in [0.25, 0.3) is 0 Å². The van der Waals surface area contributed by atoms with Crippen LogP contribution in [0.25, 0.3) is 11.1 Å². The van der Waals surface area contributed by atoms with Gasteiger partial charge in [-0.1, -0.05) is 81.1 Å². The zero-order valence-corrected chi connectivity index (χ0v) is 40.3. The van der Waals surface area contributed by atoms with Crippen molar-refractivity contribution >= 4 is 12.1 Å². The summed E-state index contributed by atoms with van der Waals surface area (Å²) in [5.41, 5.74) is 4.80. The standard InChI is InChI=1S/C50H81NO16/c1-2-3-4-5-6-16-49(52)66-42-41-65-40-39-64-38-37-63-36-35-62-34-33-61-32-31-60-30-29-59-28-27-58-26-25-57-24-23-56-22-21-55-20-19-54-18-11-17-51-50(53)67-43-48-46-14-9-7-12-44(46)45-13-8-10-15-47(45)48/h7-10,12-15,48H,2-6,11,16-43H2,1H3,(H,51,53). The molecule has 0 saturated heterocycles. The van der Waals surface area contributed by atoms with Gasteiger partial charge in [0.15, 0.2) is 0 Å². The SMILES string of the molecule is CCCCCCCC(=O)OCCOCCOCCOCCOCCOCCOCCOCCOCCOCCOCCOCCOCCCNC(=O)OCC1c2ccccc2-c2ccccc21. The predicted molar refractivity (Wildman–Crippen MR) is 252 cm³/mol. The largest absolute Gasteiger partial charge is 0.463 e. The van der Waals surface area contributed by atoms with E-state index in [1.165, 1.54) is 41.5 Å². The molecule has 0 radical (unpaired) electrons. The molecule has 0 aromatic heterocycles. The summed E-state index contributed by atoms with van der Waals surface area (Å²) in [4.78, 5) is 23.9. The molecule has 0 unspecified atom stereocenters. The first kappa shape index (κ1) is 58.0. The molecule has 17 heteroatoms. The van der Waals surface area contributed by atoms with Crippen molar-refractivity contribution in [3.05, 3.63) is 59.7 Å². The molecule has 1 N–H and O–H groups in total. The zero-order chi connectivity index (χ0) is 47.3. The van der Waals surface area contributed by atoms with E-state index in [0.29, 0.717) is 185 Å². The molecule has 0 spiro atoms. The van der Waals surface area contributed by atoms with Crippen LogP contribution in [0.1, 0.15) is 68.9 Å². The summed E-state index contributed by atoms with van der Waals surface area (Å²) in [6.07, 6.45) is 6.30. The lowest BCUT2D eigenvalue weighted by molar-refractivity contribution is -0.145. The fraction of sp³-hybridized carbons (Fsp3) is 0.720. The number of alkyl carbamates (subject to hydrolysis) is 1. The van der Waals surface area contributed by atoms with Gasteiger partial charge in [0.05, 0.1) is 152 Å². The number of fused-ring (bicyclic) bond motifs is 3. The number of unbranched alkanes of at least 4 members (excludes halogenated alkanes) is 4. The van der Waals surface area contributed by atoms with E-state index < -0.39 is 6.09 Å². The highest BCUT2D eigenvalue weighted by Crippen LogP contribution is 2.44. The summed E-state index contributed by atoms with van der Waals surface area (Å²) < 4.78 is 76.9. The second-order valence-corrected chi connectivity index (χ2v) is 15.3. The second-order valence-electron chi connectivity index (χ2n) is 15.3. The minimum Gasteiger partial charge on any atom is -0.463 e. The molecule has 17 nitrogen and oxygen atoms in total. The Morgan fingerprint density at radius 1 is 0.403 bits per heavy atom. The van der Waals surface area contributed by atoms with Crippen LogP contribution in [0.3, 0.4) is 0 Å². The van der Waals surface area contributed by atoms with Gasteiger partial charge in [0.2, 0.25) is 0 Å². The van der Waals surface area contributed by atoms with Crippen LogP contribution in [0.2, 0.25) is 0 Å². The molecule has 67 heavy (non-hydrogen) atoms. The number of hydrogen-bond acceptors (Lipinski definition) is 16. The molecule has 0 atom stereocenters. The van der Waals surface area contributed by atoms with Gasteiger partial charge in [-0.05, 0) is 35.1 Å². The molecule has 0 fully saturated rings. The van der Waals surface area contributed by atoms with Crippen LogP contribution in [-0.2, 0) is 71.1 Å². The number of hydrogen-bond donors (Lipinski definition) is 1. The van der Waals surface area contributed by atoms with Crippen LogP contribution in [-0.4, -0.2) is 190 Å². The van der Waals surface area contributed by atoms with Crippen molar-refractivity contribution in [2.24, 2.45) is 0 Å². The molecule has 1 amide bonds. The molecular formula is C50H81NO16. The molecule has 1 aliphatic rings. The van der Waals surface area contributed by atoms with Gasteiger partial charge >= 0.3 is 12.1 Å². The number of esters is 1. The number of amides is 1. The maximum atomic E-state index is 12.3. The van der Waals surface area contributed by atoms with E-state index in [-0.39, 0.29) is 18.5 Å². The van der Waals surface area contributed by atoms with E-state index in [1.807, 2.05) is 24.3 Å². The Kier molecular flexibility index (Phi) is 37.0. The van der Waals surface area contributed by atoms with Crippen LogP contribution >= 0.6 is 0 Å². The maximum Gasteiger partial charge on any atom is 0.407 e. The van der Waals surface area contributed by atoms with Gasteiger partial charge in [-0.2, -0.15) is 0 Å². The summed E-state index contributed by atoms with van der Waals surface area (Å²) in [5.74, 6) is -0.108. The fourth-order valence-electron chi connectivity index (χ4n) is 6.69. The monoisotopic (exact) mass is 952 g/mol. The fourth-order valence-corrected chi connectivity index (χ4v) is 6.69. The van der Waals surface area contributed by atoms with E-state index >= 15 is 0 Å². The lowest BCUT2D eigenvalue weighted by atomic mass is 9.98. The summed E-state index contributed by atoms with van der Waals surface area (Å²) >= 11 is 0. The molecule has 2 aromatic rings. The van der Waals surface area contributed by atoms with E-state index in [1.54, 1.807) is 0 Å². The molecule has 0 aliphatic heterocycles. The Bertz CT molecular complexity index is 1430. The number of carbonyl (C=O) groups excluding carboxylic acids is 2. The molecular weight excluding hydrogens is 871 g/mol. The van der Waals surface area contributed by atoms with Gasteiger partial charge in [0, 0.05) is 25.5 Å². The van der Waals surface area contributed by atoms with Crippen LogP contribution in [0.5, 0.6) is 0 Å². The number of nitrogens with one attached hydrogen (secondary N) is 1. The summed E-state index contributed by atoms with van der Waals surface area (Å²) in [6.45, 7) is 14.6. The lowest BCUT2D eigenvalue weighted by Crippen LogP contribution is -2.27. The molecule has 3 rings (SSSR count). The van der Waals surface area contributed by atoms with Crippen molar-refractivity contribution < 1.29 is 75.9 Å². The summed E-state index contributed by atoms with van der Waals surface area (Å²) in [7, 11) is 0. The third-order valence-electron chi connectivity index (χ3n) is 10.1. The van der Waals surface area contributed by atoms with Gasteiger partial charge in [-0.3, -0.25) is 4.79 Å². The first-order valence-corrected chi connectivity index (χ1v) is 24.4. The minimum atomic E-state index is -0.419. The predicted octanol–water partition coefficient (Wildman–Crippen LogP) is 6.02. The Morgan fingerprint density at radius 2 is 0.746 bits per heavy atom. The number of benzene rings is 2. The average molecular weight is 952 g/mol. The zero-order valence-electron chi connectivity index (χ0n) is 40.3. The van der Waals surface area contributed by atoms with E-state index in [0.717, 1.165) is 12.8 Å². The molecule has 0 saturated carbocycles. The van der Waals surface area contributed by atoms with Crippen molar-refractivity contribution in [1.29, 1.82) is 0 Å². The summed E-state index contributed by atoms with van der Waals surface area (Å²) in [5, 5.41) is 2.81. The number of carbonyl (C=O) groups is 2. The Hall–Kier alpha value is -3.30. The topological polar surface area (TPSA) is 175 Å². The van der Waals surface area contributed by atoms with Crippen LogP contribution in [0.4, 0.5) is 4.79 Å². The highest BCUT2D eigenvalue weighted by atomic mass is 16.6. The van der Waals surface area contributed by atoms with Crippen molar-refractivity contribution in [2.45, 2.75) is 57.8 Å². The molecule has 2 aromatic carbocycles. The van der Waals surface area contributed by atoms with E-state index in [9.17, 15) is 9.59 Å². The molecule has 382 valence electrons. The highest BCUT2D eigenvalue weighted by molar-refractivity contribution is 5.79. The Balaban J connectivity index is 0.902. The van der Waals surface area contributed by atoms with Crippen LogP contribution in [0.15, 0.2) is 48.5 Å². The van der Waals surface area contributed by atoms with Gasteiger partial charge in [-0.25, -0.2) is 4.79 Å². The first-order valence-electron chi connectivity index (χ1n) is 24.4. The Labute approximate surface area is 399 Å². The van der Waals surface area contributed by atoms with Crippen molar-refractivity contribution in [2.75, 3.05) is 178 Å². The molecule has 1 aliphatic carbocycles. The minimum absolute atomic E-state index is 0.0445. The maximum absolute atomic E-state index is 12.3. The van der Waals surface area contributed by atoms with E-state index in [2.05, 4.69) is 36.5 Å². The second kappa shape index (κ2) is 42.8. The third kappa shape index (κ3) is 30.7. The average Bonchev–Trinajstić information content (AvgIpc) is 3.67. The molecule has 0 bridgehead atoms. The summed E-state index contributed by atoms with van der Waals surface area (Å²) in [6, 6.07) is 16.6. The first-order chi connectivity index (χ1) is 33.2. The highest BCUT2D eigenvalue weighted by Gasteiger charge is 2.29.